The van der Waals surface area contributed by atoms with Crippen molar-refractivity contribution in [2.45, 2.75) is 43.8 Å². The minimum Gasteiger partial charge on any atom is -0.337 e. The van der Waals surface area contributed by atoms with Gasteiger partial charge in [-0.2, -0.15) is 0 Å². The Balaban J connectivity index is 1.24. The first kappa shape index (κ1) is 21.6. The third kappa shape index (κ3) is 4.25. The summed E-state index contributed by atoms with van der Waals surface area (Å²) in [5, 5.41) is 3.03. The van der Waals surface area contributed by atoms with Gasteiger partial charge in [0, 0.05) is 38.3 Å². The fourth-order valence-corrected chi connectivity index (χ4v) is 5.36. The van der Waals surface area contributed by atoms with Crippen LogP contribution in [0.15, 0.2) is 60.7 Å². The molecule has 3 saturated heterocycles. The summed E-state index contributed by atoms with van der Waals surface area (Å²) >= 11 is 0. The number of hydrogen-bond acceptors (Lipinski definition) is 4. The SMILES string of the molecule is O=C(c1ccccc1)N1CCC[C@@H](N2C(=O)NC3(CCN(Cc4ccccc4)CC3)C2=O)C1. The first-order chi connectivity index (χ1) is 16.1. The maximum atomic E-state index is 13.5. The van der Waals surface area contributed by atoms with E-state index in [9.17, 15) is 14.4 Å². The van der Waals surface area contributed by atoms with Crippen molar-refractivity contribution in [1.29, 1.82) is 0 Å². The minimum atomic E-state index is -0.810. The largest absolute Gasteiger partial charge is 0.337 e. The highest BCUT2D eigenvalue weighted by atomic mass is 16.2. The molecule has 0 aromatic heterocycles. The topological polar surface area (TPSA) is 73.0 Å². The Morgan fingerprint density at radius 2 is 1.61 bits per heavy atom. The Kier molecular flexibility index (Phi) is 5.89. The van der Waals surface area contributed by atoms with Crippen LogP contribution in [-0.4, -0.2) is 70.3 Å². The summed E-state index contributed by atoms with van der Waals surface area (Å²) in [7, 11) is 0. The second-order valence-corrected chi connectivity index (χ2v) is 9.36. The summed E-state index contributed by atoms with van der Waals surface area (Å²) in [5.41, 5.74) is 1.08. The molecule has 2 aromatic rings. The highest BCUT2D eigenvalue weighted by Gasteiger charge is 2.54. The van der Waals surface area contributed by atoms with Crippen LogP contribution in [0.4, 0.5) is 4.79 Å². The van der Waals surface area contributed by atoms with E-state index in [2.05, 4.69) is 22.3 Å². The van der Waals surface area contributed by atoms with Crippen molar-refractivity contribution >= 4 is 17.8 Å². The molecule has 4 amide bonds. The van der Waals surface area contributed by atoms with E-state index < -0.39 is 5.54 Å². The summed E-state index contributed by atoms with van der Waals surface area (Å²) in [6.07, 6.45) is 2.73. The maximum Gasteiger partial charge on any atom is 0.325 e. The molecule has 0 unspecified atom stereocenters. The molecule has 0 saturated carbocycles. The van der Waals surface area contributed by atoms with Crippen LogP contribution in [-0.2, 0) is 11.3 Å². The van der Waals surface area contributed by atoms with E-state index in [1.54, 1.807) is 17.0 Å². The molecule has 1 atom stereocenters. The van der Waals surface area contributed by atoms with Crippen LogP contribution < -0.4 is 5.32 Å². The molecule has 172 valence electrons. The number of hydrogen-bond donors (Lipinski definition) is 1. The molecule has 3 fully saturated rings. The first-order valence-corrected chi connectivity index (χ1v) is 11.8. The van der Waals surface area contributed by atoms with E-state index in [1.807, 2.05) is 36.4 Å². The smallest absolute Gasteiger partial charge is 0.325 e. The molecular formula is C26H30N4O3. The molecule has 0 aliphatic carbocycles. The van der Waals surface area contributed by atoms with Crippen LogP contribution in [0.2, 0.25) is 0 Å². The van der Waals surface area contributed by atoms with Crippen molar-refractivity contribution in [3.8, 4) is 0 Å². The Bertz CT molecular complexity index is 1020. The summed E-state index contributed by atoms with van der Waals surface area (Å²) < 4.78 is 0. The van der Waals surface area contributed by atoms with Crippen molar-refractivity contribution < 1.29 is 14.4 Å². The quantitative estimate of drug-likeness (QED) is 0.733. The van der Waals surface area contributed by atoms with Crippen molar-refractivity contribution in [3.63, 3.8) is 0 Å². The molecule has 7 nitrogen and oxygen atoms in total. The van der Waals surface area contributed by atoms with Crippen molar-refractivity contribution in [3.05, 3.63) is 71.8 Å². The molecule has 3 aliphatic rings. The fourth-order valence-electron chi connectivity index (χ4n) is 5.36. The minimum absolute atomic E-state index is 0.0451. The number of rotatable bonds is 4. The number of carbonyl (C=O) groups excluding carboxylic acids is 3. The lowest BCUT2D eigenvalue weighted by atomic mass is 9.87. The van der Waals surface area contributed by atoms with Crippen LogP contribution in [0.3, 0.4) is 0 Å². The van der Waals surface area contributed by atoms with Gasteiger partial charge in [-0.25, -0.2) is 4.79 Å². The second kappa shape index (κ2) is 8.98. The Labute approximate surface area is 194 Å². The number of benzene rings is 2. The molecule has 2 aromatic carbocycles. The summed E-state index contributed by atoms with van der Waals surface area (Å²) in [5.74, 6) is -0.165. The van der Waals surface area contributed by atoms with Gasteiger partial charge in [0.1, 0.15) is 5.54 Å². The van der Waals surface area contributed by atoms with Gasteiger partial charge in [0.2, 0.25) is 0 Å². The van der Waals surface area contributed by atoms with Gasteiger partial charge in [0.05, 0.1) is 6.04 Å². The average Bonchev–Trinajstić information content (AvgIpc) is 3.10. The third-order valence-corrected chi connectivity index (χ3v) is 7.22. The molecule has 3 aliphatic heterocycles. The Morgan fingerprint density at radius 1 is 0.939 bits per heavy atom. The van der Waals surface area contributed by atoms with Crippen LogP contribution in [0.1, 0.15) is 41.6 Å². The predicted octanol–water partition coefficient (Wildman–Crippen LogP) is 2.88. The van der Waals surface area contributed by atoms with E-state index in [0.717, 1.165) is 32.5 Å². The summed E-state index contributed by atoms with van der Waals surface area (Å²) in [6, 6.07) is 18.9. The number of carbonyl (C=O) groups is 3. The molecule has 0 radical (unpaired) electrons. The van der Waals surface area contributed by atoms with Gasteiger partial charge < -0.3 is 10.2 Å². The zero-order chi connectivity index (χ0) is 22.8. The third-order valence-electron chi connectivity index (χ3n) is 7.22. The van der Waals surface area contributed by atoms with Crippen LogP contribution >= 0.6 is 0 Å². The molecule has 0 bridgehead atoms. The van der Waals surface area contributed by atoms with Gasteiger partial charge in [-0.3, -0.25) is 19.4 Å². The lowest BCUT2D eigenvalue weighted by Crippen LogP contribution is -2.56. The van der Waals surface area contributed by atoms with E-state index in [0.29, 0.717) is 31.5 Å². The Hall–Kier alpha value is -3.19. The van der Waals surface area contributed by atoms with E-state index in [4.69, 9.17) is 0 Å². The number of likely N-dealkylation sites (tertiary alicyclic amines) is 2. The van der Waals surface area contributed by atoms with Crippen molar-refractivity contribution in [1.82, 2.24) is 20.0 Å². The zero-order valence-corrected chi connectivity index (χ0v) is 18.8. The molecule has 5 rings (SSSR count). The van der Waals surface area contributed by atoms with Gasteiger partial charge in [-0.1, -0.05) is 48.5 Å². The van der Waals surface area contributed by atoms with E-state index in [-0.39, 0.29) is 23.9 Å². The molecule has 3 heterocycles. The van der Waals surface area contributed by atoms with Crippen LogP contribution in [0.5, 0.6) is 0 Å². The highest BCUT2D eigenvalue weighted by Crippen LogP contribution is 2.33. The highest BCUT2D eigenvalue weighted by molar-refractivity contribution is 6.07. The number of nitrogens with zero attached hydrogens (tertiary/aromatic N) is 3. The number of urea groups is 1. The number of piperidine rings is 2. The van der Waals surface area contributed by atoms with Crippen molar-refractivity contribution in [2.75, 3.05) is 26.2 Å². The zero-order valence-electron chi connectivity index (χ0n) is 18.8. The van der Waals surface area contributed by atoms with Gasteiger partial charge in [-0.05, 0) is 43.4 Å². The standard InChI is InChI=1S/C26H30N4O3/c31-23(21-10-5-2-6-11-21)29-15-7-12-22(19-29)30-24(32)26(27-25(30)33)13-16-28(17-14-26)18-20-8-3-1-4-9-20/h1-6,8-11,22H,7,12-19H2,(H,27,33)/t22-/m1/s1. The van der Waals surface area contributed by atoms with E-state index in [1.165, 1.54) is 10.5 Å². The maximum absolute atomic E-state index is 13.5. The number of nitrogens with one attached hydrogen (secondary N) is 1. The second-order valence-electron chi connectivity index (χ2n) is 9.36. The summed E-state index contributed by atoms with van der Waals surface area (Å²) in [6.45, 7) is 3.41. The monoisotopic (exact) mass is 446 g/mol. The predicted molar refractivity (Wildman–Crippen MR) is 124 cm³/mol. The normalized spacial score (nSPS) is 23.1. The van der Waals surface area contributed by atoms with Crippen LogP contribution in [0, 0.1) is 0 Å². The number of amides is 4. The lowest BCUT2D eigenvalue weighted by Gasteiger charge is -2.39. The average molecular weight is 447 g/mol. The molecule has 1 N–H and O–H groups in total. The van der Waals surface area contributed by atoms with E-state index >= 15 is 0 Å². The van der Waals surface area contributed by atoms with Gasteiger partial charge in [0.25, 0.3) is 11.8 Å². The first-order valence-electron chi connectivity index (χ1n) is 11.8. The van der Waals surface area contributed by atoms with Gasteiger partial charge in [0.15, 0.2) is 0 Å². The number of imide groups is 1. The molecular weight excluding hydrogens is 416 g/mol. The fraction of sp³-hybridized carbons (Fsp3) is 0.423. The molecule has 7 heteroatoms. The van der Waals surface area contributed by atoms with Gasteiger partial charge in [-0.15, -0.1) is 0 Å². The lowest BCUT2D eigenvalue weighted by molar-refractivity contribution is -0.135. The Morgan fingerprint density at radius 3 is 2.30 bits per heavy atom. The van der Waals surface area contributed by atoms with Crippen LogP contribution in [0.25, 0.3) is 0 Å². The molecule has 33 heavy (non-hydrogen) atoms. The molecule has 1 spiro atoms. The van der Waals surface area contributed by atoms with Crippen molar-refractivity contribution in [2.24, 2.45) is 0 Å². The van der Waals surface area contributed by atoms with Gasteiger partial charge >= 0.3 is 6.03 Å². The summed E-state index contributed by atoms with van der Waals surface area (Å²) in [4.78, 5) is 44.9.